The summed E-state index contributed by atoms with van der Waals surface area (Å²) in [6.45, 7) is 6.82. The van der Waals surface area contributed by atoms with E-state index >= 15 is 0 Å². The SMILES string of the molecule is CCOC(=O)c1sc(NC(=O)C(CC)OC(=O)c2ccc3ocnc3c2)c(C(=O)OCC)c1C. The zero-order valence-electron chi connectivity index (χ0n) is 19.1. The summed E-state index contributed by atoms with van der Waals surface area (Å²) in [6.07, 6.45) is 0.286. The van der Waals surface area contributed by atoms with Crippen molar-refractivity contribution in [3.05, 3.63) is 46.2 Å². The second kappa shape index (κ2) is 10.9. The Morgan fingerprint density at radius 1 is 1.06 bits per heavy atom. The predicted octanol–water partition coefficient (Wildman–Crippen LogP) is 4.13. The zero-order valence-corrected chi connectivity index (χ0v) is 19.9. The fraction of sp³-hybridized carbons (Fsp3) is 0.348. The van der Waals surface area contributed by atoms with Gasteiger partial charge in [0.05, 0.1) is 24.3 Å². The molecule has 34 heavy (non-hydrogen) atoms. The van der Waals surface area contributed by atoms with Crippen LogP contribution in [-0.4, -0.2) is 48.1 Å². The first-order chi connectivity index (χ1) is 16.3. The van der Waals surface area contributed by atoms with Gasteiger partial charge in [0.15, 0.2) is 18.1 Å². The van der Waals surface area contributed by atoms with Crippen LogP contribution in [0.1, 0.15) is 63.1 Å². The molecule has 1 unspecified atom stereocenters. The molecule has 3 aromatic rings. The van der Waals surface area contributed by atoms with Gasteiger partial charge in [-0.1, -0.05) is 6.92 Å². The first kappa shape index (κ1) is 24.9. The van der Waals surface area contributed by atoms with Crippen molar-refractivity contribution in [1.82, 2.24) is 4.98 Å². The van der Waals surface area contributed by atoms with Gasteiger partial charge in [0.25, 0.3) is 5.91 Å². The standard InChI is InChI=1S/C23H24N2O8S/c1-5-15(33-21(27)13-8-9-16-14(10-13)24-11-32-16)19(26)25-20-17(22(28)30-6-2)12(4)18(34-20)23(29)31-7-3/h8-11,15H,5-7H2,1-4H3,(H,25,26). The number of ether oxygens (including phenoxy) is 3. The number of aromatic nitrogens is 1. The summed E-state index contributed by atoms with van der Waals surface area (Å²) in [6, 6.07) is 4.59. The van der Waals surface area contributed by atoms with Crippen LogP contribution in [0.3, 0.4) is 0 Å². The minimum absolute atomic E-state index is 0.0564. The van der Waals surface area contributed by atoms with Gasteiger partial charge < -0.3 is 23.9 Å². The van der Waals surface area contributed by atoms with E-state index in [4.69, 9.17) is 18.6 Å². The molecular formula is C23H24N2O8S. The Hall–Kier alpha value is -3.73. The minimum atomic E-state index is -1.15. The van der Waals surface area contributed by atoms with Gasteiger partial charge in [0.2, 0.25) is 0 Å². The number of rotatable bonds is 9. The van der Waals surface area contributed by atoms with Crippen molar-refractivity contribution in [3.63, 3.8) is 0 Å². The molecule has 0 saturated carbocycles. The summed E-state index contributed by atoms with van der Waals surface area (Å²) in [5.74, 6) is -2.67. The average Bonchev–Trinajstić information content (AvgIpc) is 3.41. The number of nitrogens with zero attached hydrogens (tertiary/aromatic N) is 1. The van der Waals surface area contributed by atoms with Gasteiger partial charge in [-0.2, -0.15) is 0 Å². The number of esters is 3. The number of hydrogen-bond donors (Lipinski definition) is 1. The zero-order chi connectivity index (χ0) is 24.8. The number of carbonyl (C=O) groups excluding carboxylic acids is 4. The number of thiophene rings is 1. The van der Waals surface area contributed by atoms with Crippen LogP contribution in [0.2, 0.25) is 0 Å². The van der Waals surface area contributed by atoms with Gasteiger partial charge in [-0.3, -0.25) is 4.79 Å². The Morgan fingerprint density at radius 3 is 2.44 bits per heavy atom. The number of amides is 1. The number of hydrogen-bond acceptors (Lipinski definition) is 10. The molecule has 1 atom stereocenters. The summed E-state index contributed by atoms with van der Waals surface area (Å²) in [5, 5.41) is 2.72. The maximum Gasteiger partial charge on any atom is 0.348 e. The maximum absolute atomic E-state index is 13.0. The monoisotopic (exact) mass is 488 g/mol. The van der Waals surface area contributed by atoms with Crippen molar-refractivity contribution >= 4 is 51.3 Å². The molecule has 0 bridgehead atoms. The molecular weight excluding hydrogens is 464 g/mol. The molecule has 1 N–H and O–H groups in total. The summed E-state index contributed by atoms with van der Waals surface area (Å²) in [5.41, 5.74) is 1.59. The van der Waals surface area contributed by atoms with Crippen molar-refractivity contribution < 1.29 is 37.8 Å². The molecule has 0 saturated heterocycles. The lowest BCUT2D eigenvalue weighted by atomic mass is 10.1. The van der Waals surface area contributed by atoms with E-state index in [1.807, 2.05) is 0 Å². The van der Waals surface area contributed by atoms with E-state index in [2.05, 4.69) is 10.3 Å². The lowest BCUT2D eigenvalue weighted by Crippen LogP contribution is -2.32. The first-order valence-corrected chi connectivity index (χ1v) is 11.4. The van der Waals surface area contributed by atoms with Crippen LogP contribution < -0.4 is 5.32 Å². The Bertz CT molecular complexity index is 1230. The minimum Gasteiger partial charge on any atom is -0.462 e. The third-order valence-electron chi connectivity index (χ3n) is 4.80. The van der Waals surface area contributed by atoms with E-state index in [0.29, 0.717) is 16.7 Å². The molecule has 0 fully saturated rings. The van der Waals surface area contributed by atoms with Crippen molar-refractivity contribution in [2.45, 2.75) is 40.2 Å². The van der Waals surface area contributed by atoms with Crippen LogP contribution in [0.4, 0.5) is 5.00 Å². The average molecular weight is 489 g/mol. The normalized spacial score (nSPS) is 11.6. The fourth-order valence-electron chi connectivity index (χ4n) is 3.14. The van der Waals surface area contributed by atoms with Gasteiger partial charge in [-0.25, -0.2) is 19.4 Å². The molecule has 11 heteroatoms. The molecule has 2 heterocycles. The van der Waals surface area contributed by atoms with Crippen LogP contribution in [0.25, 0.3) is 11.1 Å². The van der Waals surface area contributed by atoms with Crippen molar-refractivity contribution in [2.24, 2.45) is 0 Å². The second-order valence-electron chi connectivity index (χ2n) is 7.03. The van der Waals surface area contributed by atoms with Gasteiger partial charge in [0.1, 0.15) is 15.4 Å². The molecule has 1 amide bonds. The largest absolute Gasteiger partial charge is 0.462 e. The van der Waals surface area contributed by atoms with E-state index in [9.17, 15) is 19.2 Å². The number of nitrogens with one attached hydrogen (secondary N) is 1. The van der Waals surface area contributed by atoms with Crippen molar-refractivity contribution in [3.8, 4) is 0 Å². The third-order valence-corrected chi connectivity index (χ3v) is 5.99. The van der Waals surface area contributed by atoms with Gasteiger partial charge in [0, 0.05) is 0 Å². The molecule has 180 valence electrons. The van der Waals surface area contributed by atoms with Crippen LogP contribution >= 0.6 is 11.3 Å². The number of oxazole rings is 1. The predicted molar refractivity (Wildman–Crippen MR) is 123 cm³/mol. The molecule has 2 aromatic heterocycles. The second-order valence-corrected chi connectivity index (χ2v) is 8.05. The number of anilines is 1. The van der Waals surface area contributed by atoms with Crippen LogP contribution in [0, 0.1) is 6.92 Å². The molecule has 10 nitrogen and oxygen atoms in total. The molecule has 0 aliphatic carbocycles. The Balaban J connectivity index is 1.82. The highest BCUT2D eigenvalue weighted by molar-refractivity contribution is 7.18. The highest BCUT2D eigenvalue weighted by Crippen LogP contribution is 2.34. The lowest BCUT2D eigenvalue weighted by molar-refractivity contribution is -0.124. The highest BCUT2D eigenvalue weighted by atomic mass is 32.1. The molecule has 0 aliphatic heterocycles. The Kier molecular flexibility index (Phi) is 8.00. The number of benzene rings is 1. The summed E-state index contributed by atoms with van der Waals surface area (Å²) in [7, 11) is 0. The molecule has 0 radical (unpaired) electrons. The van der Waals surface area contributed by atoms with Gasteiger partial charge in [-0.15, -0.1) is 11.3 Å². The van der Waals surface area contributed by atoms with Crippen LogP contribution in [-0.2, 0) is 19.0 Å². The van der Waals surface area contributed by atoms with E-state index < -0.39 is 29.9 Å². The van der Waals surface area contributed by atoms with Gasteiger partial charge in [-0.05, 0) is 51.0 Å². The first-order valence-electron chi connectivity index (χ1n) is 10.6. The molecule has 0 spiro atoms. The lowest BCUT2D eigenvalue weighted by Gasteiger charge is -2.16. The topological polar surface area (TPSA) is 134 Å². The van der Waals surface area contributed by atoms with Crippen molar-refractivity contribution in [1.29, 1.82) is 0 Å². The molecule has 3 rings (SSSR count). The molecule has 0 aliphatic rings. The summed E-state index contributed by atoms with van der Waals surface area (Å²) < 4.78 is 20.7. The maximum atomic E-state index is 13.0. The summed E-state index contributed by atoms with van der Waals surface area (Å²) in [4.78, 5) is 54.6. The highest BCUT2D eigenvalue weighted by Gasteiger charge is 2.30. The quantitative estimate of drug-likeness (QED) is 0.348. The molecule has 1 aromatic carbocycles. The van der Waals surface area contributed by atoms with Crippen LogP contribution in [0.5, 0.6) is 0 Å². The number of carbonyl (C=O) groups is 4. The third kappa shape index (κ3) is 5.25. The van der Waals surface area contributed by atoms with Crippen molar-refractivity contribution in [2.75, 3.05) is 18.5 Å². The van der Waals surface area contributed by atoms with Gasteiger partial charge >= 0.3 is 17.9 Å². The smallest absolute Gasteiger partial charge is 0.348 e. The number of fused-ring (bicyclic) bond motifs is 1. The fourth-order valence-corrected chi connectivity index (χ4v) is 4.23. The van der Waals surface area contributed by atoms with E-state index in [1.54, 1.807) is 33.8 Å². The summed E-state index contributed by atoms with van der Waals surface area (Å²) >= 11 is 0.896. The van der Waals surface area contributed by atoms with E-state index in [1.165, 1.54) is 18.5 Å². The van der Waals surface area contributed by atoms with E-state index in [-0.39, 0.29) is 40.6 Å². The Morgan fingerprint density at radius 2 is 1.76 bits per heavy atom. The van der Waals surface area contributed by atoms with E-state index in [0.717, 1.165) is 11.3 Å². The van der Waals surface area contributed by atoms with Crippen LogP contribution in [0.15, 0.2) is 29.0 Å². The Labute approximate surface area is 199 Å².